The SMILES string of the molecule is OCC(F)(F)C(F)(F)OC(F)(F)C(F)(OC(F)(F)C(F)(F)CO)C(F)(F)OC(F)(F)C(F)(F)CO. The first-order chi connectivity index (χ1) is 15.1. The van der Waals surface area contributed by atoms with Crippen molar-refractivity contribution < 1.29 is 104 Å². The Labute approximate surface area is 179 Å². The van der Waals surface area contributed by atoms with Gasteiger partial charge in [0.05, 0.1) is 0 Å². The Balaban J connectivity index is 6.97. The van der Waals surface area contributed by atoms with Crippen LogP contribution in [0.1, 0.15) is 0 Å². The number of alkyl halides is 17. The lowest BCUT2D eigenvalue weighted by Crippen LogP contribution is -2.69. The maximum Gasteiger partial charge on any atom is 0.428 e. The van der Waals surface area contributed by atoms with Crippen molar-refractivity contribution in [2.24, 2.45) is 0 Å². The molecule has 35 heavy (non-hydrogen) atoms. The van der Waals surface area contributed by atoms with Gasteiger partial charge in [0, 0.05) is 0 Å². The smallest absolute Gasteiger partial charge is 0.390 e. The van der Waals surface area contributed by atoms with Crippen LogP contribution in [0.25, 0.3) is 0 Å². The van der Waals surface area contributed by atoms with Crippen molar-refractivity contribution in [3.05, 3.63) is 0 Å². The Morgan fingerprint density at radius 2 is 0.543 bits per heavy atom. The highest BCUT2D eigenvalue weighted by molar-refractivity contribution is 4.94. The maximum absolute atomic E-state index is 14.4. The molecular formula is C12H9F17O6. The minimum absolute atomic E-state index is 1.59. The number of aliphatic hydroxyl groups excluding tert-OH is 3. The van der Waals surface area contributed by atoms with Gasteiger partial charge in [-0.1, -0.05) is 0 Å². The van der Waals surface area contributed by atoms with Gasteiger partial charge in [0.15, 0.2) is 0 Å². The van der Waals surface area contributed by atoms with Crippen molar-refractivity contribution in [2.45, 2.75) is 54.2 Å². The summed E-state index contributed by atoms with van der Waals surface area (Å²) < 4.78 is 231. The van der Waals surface area contributed by atoms with Gasteiger partial charge in [-0.15, -0.1) is 0 Å². The van der Waals surface area contributed by atoms with E-state index in [1.54, 1.807) is 14.2 Å². The lowest BCUT2D eigenvalue weighted by molar-refractivity contribution is -0.579. The van der Waals surface area contributed by atoms with Crippen molar-refractivity contribution in [3.63, 3.8) is 0 Å². The summed E-state index contributed by atoms with van der Waals surface area (Å²) in [6, 6.07) is 0. The predicted octanol–water partition coefficient (Wildman–Crippen LogP) is 3.55. The predicted molar refractivity (Wildman–Crippen MR) is 67.9 cm³/mol. The monoisotopic (exact) mass is 572 g/mol. The molecule has 0 saturated carbocycles. The molecule has 0 amide bonds. The van der Waals surface area contributed by atoms with Gasteiger partial charge in [0.1, 0.15) is 19.8 Å². The Morgan fingerprint density at radius 1 is 0.343 bits per heavy atom. The number of ether oxygens (including phenoxy) is 3. The number of hydrogen-bond acceptors (Lipinski definition) is 6. The average Bonchev–Trinajstić information content (AvgIpc) is 2.65. The zero-order chi connectivity index (χ0) is 28.7. The molecule has 0 aliphatic rings. The molecule has 0 bridgehead atoms. The molecule has 0 rings (SSSR count). The van der Waals surface area contributed by atoms with Crippen LogP contribution in [-0.4, -0.2) is 89.3 Å². The van der Waals surface area contributed by atoms with Crippen molar-refractivity contribution >= 4 is 0 Å². The van der Waals surface area contributed by atoms with Crippen molar-refractivity contribution in [3.8, 4) is 0 Å². The third kappa shape index (κ3) is 6.11. The van der Waals surface area contributed by atoms with Crippen molar-refractivity contribution in [1.82, 2.24) is 0 Å². The van der Waals surface area contributed by atoms with Crippen LogP contribution >= 0.6 is 0 Å². The summed E-state index contributed by atoms with van der Waals surface area (Å²) in [4.78, 5) is 0. The van der Waals surface area contributed by atoms with Gasteiger partial charge < -0.3 is 15.3 Å². The zero-order valence-electron chi connectivity index (χ0n) is 15.6. The third-order valence-electron chi connectivity index (χ3n) is 3.40. The molecular weight excluding hydrogens is 563 g/mol. The van der Waals surface area contributed by atoms with Crippen LogP contribution in [0.15, 0.2) is 0 Å². The molecule has 23 heteroatoms. The zero-order valence-corrected chi connectivity index (χ0v) is 15.6. The molecule has 0 aliphatic carbocycles. The topological polar surface area (TPSA) is 88.4 Å². The van der Waals surface area contributed by atoms with Crippen LogP contribution in [0.2, 0.25) is 0 Å². The molecule has 0 unspecified atom stereocenters. The van der Waals surface area contributed by atoms with Crippen LogP contribution < -0.4 is 0 Å². The van der Waals surface area contributed by atoms with E-state index in [1.807, 2.05) is 0 Å². The van der Waals surface area contributed by atoms with E-state index in [4.69, 9.17) is 15.3 Å². The minimum atomic E-state index is -8.06. The van der Waals surface area contributed by atoms with E-state index in [2.05, 4.69) is 0 Å². The molecule has 0 aliphatic heterocycles. The van der Waals surface area contributed by atoms with Crippen LogP contribution in [0.5, 0.6) is 0 Å². The third-order valence-corrected chi connectivity index (χ3v) is 3.40. The van der Waals surface area contributed by atoms with E-state index in [0.29, 0.717) is 0 Å². The lowest BCUT2D eigenvalue weighted by atomic mass is 10.2. The highest BCUT2D eigenvalue weighted by Gasteiger charge is 2.84. The number of rotatable bonds is 14. The first-order valence-corrected chi connectivity index (χ1v) is 7.70. The van der Waals surface area contributed by atoms with Crippen LogP contribution in [0.4, 0.5) is 74.6 Å². The molecule has 0 heterocycles. The van der Waals surface area contributed by atoms with E-state index < -0.39 is 74.0 Å². The Morgan fingerprint density at radius 3 is 0.743 bits per heavy atom. The van der Waals surface area contributed by atoms with Gasteiger partial charge in [0.25, 0.3) is 0 Å². The summed E-state index contributed by atoms with van der Waals surface area (Å²) in [5, 5.41) is 24.0. The Bertz CT molecular complexity index is 684. The van der Waals surface area contributed by atoms with Crippen LogP contribution in [-0.2, 0) is 14.2 Å². The second-order valence-electron chi connectivity index (χ2n) is 6.07. The quantitative estimate of drug-likeness (QED) is 0.276. The van der Waals surface area contributed by atoms with Gasteiger partial charge >= 0.3 is 54.2 Å². The Hall–Kier alpha value is -1.43. The molecule has 0 aromatic carbocycles. The molecule has 0 aromatic heterocycles. The first kappa shape index (κ1) is 33.6. The van der Waals surface area contributed by atoms with E-state index in [0.717, 1.165) is 0 Å². The number of hydrogen-bond donors (Lipinski definition) is 3. The summed E-state index contributed by atoms with van der Waals surface area (Å²) in [5.41, 5.74) is 0. The standard InChI is InChI=1S/C12H9F17O6/c13-4(14,1-30)8(20,21)33-7(19,11(26,27)34-9(22,23)5(15,16)2-31)12(28,29)35-10(24,25)6(17,18)3-32/h30-32H,1-3H2. The molecule has 0 radical (unpaired) electrons. The summed E-state index contributed by atoms with van der Waals surface area (Å²) in [7, 11) is 0. The minimum Gasteiger partial charge on any atom is -0.390 e. The van der Waals surface area contributed by atoms with E-state index >= 15 is 0 Å². The van der Waals surface area contributed by atoms with Gasteiger partial charge in [-0.3, -0.25) is 4.74 Å². The lowest BCUT2D eigenvalue weighted by Gasteiger charge is -2.42. The molecule has 0 spiro atoms. The molecule has 6 nitrogen and oxygen atoms in total. The second kappa shape index (κ2) is 9.46. The highest BCUT2D eigenvalue weighted by atomic mass is 19.4. The fourth-order valence-electron chi connectivity index (χ4n) is 1.42. The molecule has 0 aromatic rings. The molecule has 0 fully saturated rings. The van der Waals surface area contributed by atoms with E-state index in [9.17, 15) is 74.6 Å². The molecule has 0 atom stereocenters. The summed E-state index contributed by atoms with van der Waals surface area (Å²) in [6.45, 7) is -9.82. The van der Waals surface area contributed by atoms with Crippen molar-refractivity contribution in [2.75, 3.05) is 19.8 Å². The van der Waals surface area contributed by atoms with Gasteiger partial charge in [-0.2, -0.15) is 74.6 Å². The molecule has 0 saturated heterocycles. The number of aliphatic hydroxyl groups is 3. The average molecular weight is 572 g/mol. The first-order valence-electron chi connectivity index (χ1n) is 7.70. The summed E-state index contributed by atoms with van der Waals surface area (Å²) >= 11 is 0. The van der Waals surface area contributed by atoms with Crippen LogP contribution in [0.3, 0.4) is 0 Å². The largest absolute Gasteiger partial charge is 0.428 e. The molecule has 3 N–H and O–H groups in total. The van der Waals surface area contributed by atoms with Gasteiger partial charge in [0.2, 0.25) is 0 Å². The fraction of sp³-hybridized carbons (Fsp3) is 1.00. The summed E-state index contributed by atoms with van der Waals surface area (Å²) in [5.74, 6) is -27.2. The fourth-order valence-corrected chi connectivity index (χ4v) is 1.42. The number of halogens is 17. The second-order valence-corrected chi connectivity index (χ2v) is 6.07. The van der Waals surface area contributed by atoms with E-state index in [1.165, 1.54) is 0 Å². The maximum atomic E-state index is 14.4. The molecule has 212 valence electrons. The van der Waals surface area contributed by atoms with Crippen molar-refractivity contribution in [1.29, 1.82) is 0 Å². The van der Waals surface area contributed by atoms with E-state index in [-0.39, 0.29) is 0 Å². The van der Waals surface area contributed by atoms with Crippen LogP contribution in [0, 0.1) is 0 Å². The van der Waals surface area contributed by atoms with Gasteiger partial charge in [-0.25, -0.2) is 9.47 Å². The normalized spacial score (nSPS) is 16.1. The Kier molecular flexibility index (Phi) is 9.08. The van der Waals surface area contributed by atoms with Gasteiger partial charge in [-0.05, 0) is 0 Å². The highest BCUT2D eigenvalue weighted by Crippen LogP contribution is 2.56. The summed E-state index contributed by atoms with van der Waals surface area (Å²) in [6.07, 6.45) is -37.4.